The second kappa shape index (κ2) is 5.61. The van der Waals surface area contributed by atoms with Crippen LogP contribution in [0, 0.1) is 0 Å². The lowest BCUT2D eigenvalue weighted by Gasteiger charge is -2.37. The molecular formula is C16H18N2O3S. The minimum atomic E-state index is -0.237. The maximum absolute atomic E-state index is 12.6. The number of nitrogens with one attached hydrogen (secondary N) is 1. The monoisotopic (exact) mass is 318 g/mol. The molecule has 1 unspecified atom stereocenters. The van der Waals surface area contributed by atoms with Crippen molar-refractivity contribution < 1.29 is 14.3 Å². The molecule has 116 valence electrons. The van der Waals surface area contributed by atoms with Crippen LogP contribution in [0.3, 0.4) is 0 Å². The number of amides is 1. The van der Waals surface area contributed by atoms with E-state index in [4.69, 9.17) is 9.47 Å². The molecule has 22 heavy (non-hydrogen) atoms. The third kappa shape index (κ3) is 2.41. The highest BCUT2D eigenvalue weighted by molar-refractivity contribution is 7.16. The molecule has 1 aromatic carbocycles. The Hall–Kier alpha value is -1.50. The van der Waals surface area contributed by atoms with Crippen LogP contribution >= 0.6 is 11.3 Å². The van der Waals surface area contributed by atoms with Gasteiger partial charge in [-0.05, 0) is 24.6 Å². The highest BCUT2D eigenvalue weighted by atomic mass is 32.1. The number of ether oxygens (including phenoxy) is 2. The number of rotatable bonds is 2. The SMILES string of the molecule is O=C(NC1CCOC12CCOCC2)c1ccc2scnc2c1. The van der Waals surface area contributed by atoms with Gasteiger partial charge in [0.25, 0.3) is 5.91 Å². The van der Waals surface area contributed by atoms with Crippen molar-refractivity contribution in [1.82, 2.24) is 10.3 Å². The van der Waals surface area contributed by atoms with E-state index in [2.05, 4.69) is 10.3 Å². The molecule has 0 bridgehead atoms. The van der Waals surface area contributed by atoms with E-state index in [-0.39, 0.29) is 17.6 Å². The number of thiazole rings is 1. The van der Waals surface area contributed by atoms with E-state index in [1.165, 1.54) is 0 Å². The van der Waals surface area contributed by atoms with Crippen molar-refractivity contribution in [3.8, 4) is 0 Å². The van der Waals surface area contributed by atoms with Crippen molar-refractivity contribution in [3.63, 3.8) is 0 Å². The summed E-state index contributed by atoms with van der Waals surface area (Å²) >= 11 is 1.58. The van der Waals surface area contributed by atoms with Crippen LogP contribution < -0.4 is 5.32 Å². The Balaban J connectivity index is 1.53. The van der Waals surface area contributed by atoms with Gasteiger partial charge in [-0.25, -0.2) is 4.98 Å². The number of nitrogens with zero attached hydrogens (tertiary/aromatic N) is 1. The van der Waals surface area contributed by atoms with Crippen LogP contribution in [0.15, 0.2) is 23.7 Å². The number of hydrogen-bond acceptors (Lipinski definition) is 5. The Bertz CT molecular complexity index is 694. The van der Waals surface area contributed by atoms with Crippen LogP contribution in [-0.4, -0.2) is 42.4 Å². The Kier molecular flexibility index (Phi) is 3.60. The second-order valence-corrected chi connectivity index (χ2v) is 6.76. The quantitative estimate of drug-likeness (QED) is 0.923. The van der Waals surface area contributed by atoms with Gasteiger partial charge in [0, 0.05) is 38.2 Å². The lowest BCUT2D eigenvalue weighted by atomic mass is 9.86. The predicted octanol–water partition coefficient (Wildman–Crippen LogP) is 2.36. The van der Waals surface area contributed by atoms with Crippen LogP contribution in [0.5, 0.6) is 0 Å². The molecule has 1 spiro atoms. The van der Waals surface area contributed by atoms with E-state index < -0.39 is 0 Å². The zero-order valence-corrected chi connectivity index (χ0v) is 13.0. The molecule has 0 radical (unpaired) electrons. The molecule has 1 N–H and O–H groups in total. The molecule has 4 rings (SSSR count). The van der Waals surface area contributed by atoms with Gasteiger partial charge >= 0.3 is 0 Å². The number of aromatic nitrogens is 1. The van der Waals surface area contributed by atoms with Gasteiger partial charge in [-0.1, -0.05) is 0 Å². The van der Waals surface area contributed by atoms with E-state index in [0.717, 1.165) is 29.5 Å². The van der Waals surface area contributed by atoms with Crippen LogP contribution in [0.2, 0.25) is 0 Å². The Morgan fingerprint density at radius 1 is 1.32 bits per heavy atom. The van der Waals surface area contributed by atoms with Gasteiger partial charge in [-0.15, -0.1) is 11.3 Å². The highest BCUT2D eigenvalue weighted by Gasteiger charge is 2.46. The Labute approximate surface area is 132 Å². The fourth-order valence-corrected chi connectivity index (χ4v) is 4.06. The molecule has 3 heterocycles. The van der Waals surface area contributed by atoms with Crippen LogP contribution in [-0.2, 0) is 9.47 Å². The van der Waals surface area contributed by atoms with Gasteiger partial charge in [0.15, 0.2) is 0 Å². The van der Waals surface area contributed by atoms with Gasteiger partial charge in [-0.2, -0.15) is 0 Å². The van der Waals surface area contributed by atoms with Crippen molar-refractivity contribution in [3.05, 3.63) is 29.3 Å². The standard InChI is InChI=1S/C16H18N2O3S/c19-15(11-1-2-13-12(9-11)17-10-22-13)18-14-3-6-21-16(14)4-7-20-8-5-16/h1-2,9-10,14H,3-8H2,(H,18,19). The van der Waals surface area contributed by atoms with Crippen molar-refractivity contribution in [2.24, 2.45) is 0 Å². The molecule has 2 aliphatic rings. The van der Waals surface area contributed by atoms with Gasteiger partial charge < -0.3 is 14.8 Å². The van der Waals surface area contributed by atoms with Gasteiger partial charge in [-0.3, -0.25) is 4.79 Å². The normalized spacial score (nSPS) is 23.9. The molecule has 0 aliphatic carbocycles. The third-order valence-electron chi connectivity index (χ3n) is 4.67. The molecule has 1 amide bonds. The summed E-state index contributed by atoms with van der Waals surface area (Å²) in [6.07, 6.45) is 2.57. The summed E-state index contributed by atoms with van der Waals surface area (Å²) in [5.74, 6) is -0.0451. The molecule has 2 aliphatic heterocycles. The number of fused-ring (bicyclic) bond motifs is 1. The number of carbonyl (C=O) groups is 1. The zero-order valence-electron chi connectivity index (χ0n) is 12.2. The van der Waals surface area contributed by atoms with Gasteiger partial charge in [0.05, 0.1) is 27.4 Å². The first-order valence-electron chi connectivity index (χ1n) is 7.63. The van der Waals surface area contributed by atoms with E-state index in [9.17, 15) is 4.79 Å². The minimum Gasteiger partial charge on any atom is -0.381 e. The smallest absolute Gasteiger partial charge is 0.251 e. The summed E-state index contributed by atoms with van der Waals surface area (Å²) < 4.78 is 12.5. The first-order chi connectivity index (χ1) is 10.8. The largest absolute Gasteiger partial charge is 0.381 e. The van der Waals surface area contributed by atoms with E-state index in [1.54, 1.807) is 16.8 Å². The first-order valence-corrected chi connectivity index (χ1v) is 8.51. The summed E-state index contributed by atoms with van der Waals surface area (Å²) in [4.78, 5) is 16.8. The Morgan fingerprint density at radius 2 is 2.18 bits per heavy atom. The third-order valence-corrected chi connectivity index (χ3v) is 5.48. The van der Waals surface area contributed by atoms with Crippen molar-refractivity contribution >= 4 is 27.5 Å². The molecule has 2 fully saturated rings. The summed E-state index contributed by atoms with van der Waals surface area (Å²) in [6, 6.07) is 5.74. The average molecular weight is 318 g/mol. The summed E-state index contributed by atoms with van der Waals surface area (Å²) in [5.41, 5.74) is 3.10. The molecule has 1 aromatic heterocycles. The number of benzene rings is 1. The minimum absolute atomic E-state index is 0.0451. The average Bonchev–Trinajstić information content (AvgIpc) is 3.15. The fourth-order valence-electron chi connectivity index (χ4n) is 3.40. The van der Waals surface area contributed by atoms with E-state index in [1.807, 2.05) is 18.2 Å². The van der Waals surface area contributed by atoms with Gasteiger partial charge in [0.1, 0.15) is 0 Å². The molecule has 2 saturated heterocycles. The van der Waals surface area contributed by atoms with E-state index >= 15 is 0 Å². The predicted molar refractivity (Wildman–Crippen MR) is 84.2 cm³/mol. The molecule has 0 saturated carbocycles. The molecular weight excluding hydrogens is 300 g/mol. The van der Waals surface area contributed by atoms with Crippen LogP contribution in [0.4, 0.5) is 0 Å². The fraction of sp³-hybridized carbons (Fsp3) is 0.500. The lowest BCUT2D eigenvalue weighted by Crippen LogP contribution is -2.52. The summed E-state index contributed by atoms with van der Waals surface area (Å²) in [7, 11) is 0. The molecule has 6 heteroatoms. The molecule has 5 nitrogen and oxygen atoms in total. The second-order valence-electron chi connectivity index (χ2n) is 5.88. The van der Waals surface area contributed by atoms with Crippen LogP contribution in [0.25, 0.3) is 10.2 Å². The number of hydrogen-bond donors (Lipinski definition) is 1. The van der Waals surface area contributed by atoms with Crippen molar-refractivity contribution in [2.45, 2.75) is 30.9 Å². The number of carbonyl (C=O) groups excluding carboxylic acids is 1. The van der Waals surface area contributed by atoms with Crippen molar-refractivity contribution in [1.29, 1.82) is 0 Å². The lowest BCUT2D eigenvalue weighted by molar-refractivity contribution is -0.0872. The Morgan fingerprint density at radius 3 is 3.05 bits per heavy atom. The van der Waals surface area contributed by atoms with Gasteiger partial charge in [0.2, 0.25) is 0 Å². The molecule has 1 atom stereocenters. The summed E-state index contributed by atoms with van der Waals surface area (Å²) in [6.45, 7) is 2.12. The zero-order chi connectivity index (χ0) is 15.0. The highest BCUT2D eigenvalue weighted by Crippen LogP contribution is 2.35. The van der Waals surface area contributed by atoms with E-state index in [0.29, 0.717) is 25.4 Å². The molecule has 2 aromatic rings. The maximum Gasteiger partial charge on any atom is 0.251 e. The first kappa shape index (κ1) is 14.1. The van der Waals surface area contributed by atoms with Crippen LogP contribution in [0.1, 0.15) is 29.6 Å². The summed E-state index contributed by atoms with van der Waals surface area (Å²) in [5, 5.41) is 3.17. The van der Waals surface area contributed by atoms with Crippen molar-refractivity contribution in [2.75, 3.05) is 19.8 Å². The maximum atomic E-state index is 12.6. The topological polar surface area (TPSA) is 60.5 Å².